The Balaban J connectivity index is 1.39. The van der Waals surface area contributed by atoms with E-state index in [0.717, 1.165) is 11.1 Å². The highest BCUT2D eigenvalue weighted by Gasteiger charge is 2.13. The van der Waals surface area contributed by atoms with E-state index in [-0.39, 0.29) is 11.4 Å². The average molecular weight is 486 g/mol. The van der Waals surface area contributed by atoms with Crippen LogP contribution >= 0.6 is 0 Å². The number of carbonyl (C=O) groups excluding carboxylic acids is 1. The largest absolute Gasteiger partial charge is 0.493 e. The molecule has 1 aromatic heterocycles. The van der Waals surface area contributed by atoms with Crippen LogP contribution in [0.2, 0.25) is 0 Å². The Morgan fingerprint density at radius 2 is 1.83 bits per heavy atom. The predicted octanol–water partition coefficient (Wildman–Crippen LogP) is 4.64. The minimum absolute atomic E-state index is 0.0244. The number of rotatable bonds is 9. The van der Waals surface area contributed by atoms with Crippen LogP contribution < -0.4 is 14.9 Å². The summed E-state index contributed by atoms with van der Waals surface area (Å²) in [6.07, 6.45) is 1.39. The number of nitrogens with one attached hydrogen (secondary N) is 2. The molecule has 0 aliphatic carbocycles. The molecule has 4 rings (SSSR count). The highest BCUT2D eigenvalue weighted by Crippen LogP contribution is 2.32. The number of aromatic amines is 1. The Hall–Kier alpha value is -4.99. The number of nitrogens with zero attached hydrogens (tertiary/aromatic N) is 3. The lowest BCUT2D eigenvalue weighted by atomic mass is 10.1. The molecule has 4 aromatic rings. The molecule has 3 aromatic carbocycles. The second-order valence-electron chi connectivity index (χ2n) is 7.85. The first kappa shape index (κ1) is 24.1. The summed E-state index contributed by atoms with van der Waals surface area (Å²) < 4.78 is 11.4. The maximum Gasteiger partial charge on any atom is 0.289 e. The van der Waals surface area contributed by atoms with E-state index < -0.39 is 10.8 Å². The number of hydrazone groups is 1. The minimum atomic E-state index is -0.489. The van der Waals surface area contributed by atoms with Crippen LogP contribution in [0.4, 0.5) is 5.69 Å². The lowest BCUT2D eigenvalue weighted by molar-refractivity contribution is -0.384. The smallest absolute Gasteiger partial charge is 0.289 e. The molecule has 0 bridgehead atoms. The molecule has 10 nitrogen and oxygen atoms in total. The number of nitro groups is 1. The van der Waals surface area contributed by atoms with Gasteiger partial charge in [0.25, 0.3) is 11.6 Å². The van der Waals surface area contributed by atoms with E-state index in [0.29, 0.717) is 29.4 Å². The Morgan fingerprint density at radius 1 is 1.08 bits per heavy atom. The van der Waals surface area contributed by atoms with Gasteiger partial charge in [-0.1, -0.05) is 29.8 Å². The lowest BCUT2D eigenvalue weighted by Crippen LogP contribution is -2.17. The van der Waals surface area contributed by atoms with E-state index in [4.69, 9.17) is 9.47 Å². The molecule has 182 valence electrons. The molecule has 0 spiro atoms. The van der Waals surface area contributed by atoms with E-state index in [1.54, 1.807) is 25.3 Å². The number of methoxy groups -OCH3 is 1. The van der Waals surface area contributed by atoms with Crippen LogP contribution in [0.1, 0.15) is 27.2 Å². The number of amides is 1. The molecule has 0 fully saturated rings. The zero-order chi connectivity index (χ0) is 25.5. The van der Waals surface area contributed by atoms with Crippen molar-refractivity contribution in [2.75, 3.05) is 7.11 Å². The molecule has 1 amide bonds. The summed E-state index contributed by atoms with van der Waals surface area (Å²) >= 11 is 0. The maximum atomic E-state index is 12.4. The Morgan fingerprint density at radius 3 is 2.53 bits per heavy atom. The fourth-order valence-corrected chi connectivity index (χ4v) is 3.29. The number of hydrogen-bond acceptors (Lipinski definition) is 7. The van der Waals surface area contributed by atoms with Crippen molar-refractivity contribution in [2.24, 2.45) is 5.10 Å². The summed E-state index contributed by atoms with van der Waals surface area (Å²) in [5, 5.41) is 21.5. The van der Waals surface area contributed by atoms with E-state index >= 15 is 0 Å². The van der Waals surface area contributed by atoms with Crippen LogP contribution in [-0.2, 0) is 6.61 Å². The van der Waals surface area contributed by atoms with Crippen molar-refractivity contribution in [1.82, 2.24) is 15.6 Å². The SMILES string of the molecule is COc1cc(-c2cc(C(=O)N/N=C/c3ccc([N+](=O)[O-])cc3)[nH]n2)ccc1OCc1ccc(C)cc1. The van der Waals surface area contributed by atoms with E-state index in [1.165, 1.54) is 36.0 Å². The standard InChI is InChI=1S/C26H23N5O5/c1-17-3-5-19(6-4-17)16-36-24-12-9-20(13-25(24)35-2)22-14-23(29-28-22)26(32)30-27-15-18-7-10-21(11-8-18)31(33)34/h3-15H,16H2,1-2H3,(H,28,29)(H,30,32)/b27-15+. The van der Waals surface area contributed by atoms with Crippen molar-refractivity contribution in [3.8, 4) is 22.8 Å². The van der Waals surface area contributed by atoms with Gasteiger partial charge in [0, 0.05) is 17.7 Å². The summed E-state index contributed by atoms with van der Waals surface area (Å²) in [4.78, 5) is 22.6. The lowest BCUT2D eigenvalue weighted by Gasteiger charge is -2.12. The van der Waals surface area contributed by atoms with Crippen LogP contribution in [0.15, 0.2) is 77.9 Å². The molecule has 0 atom stereocenters. The summed E-state index contributed by atoms with van der Waals surface area (Å²) in [6, 6.07) is 20.9. The molecule has 0 radical (unpaired) electrons. The topological polar surface area (TPSA) is 132 Å². The minimum Gasteiger partial charge on any atom is -0.493 e. The number of carbonyl (C=O) groups is 1. The molecular formula is C26H23N5O5. The number of hydrogen-bond donors (Lipinski definition) is 2. The van der Waals surface area contributed by atoms with Crippen LogP contribution in [0, 0.1) is 17.0 Å². The second kappa shape index (κ2) is 11.0. The fourth-order valence-electron chi connectivity index (χ4n) is 3.29. The first-order valence-electron chi connectivity index (χ1n) is 10.9. The third-order valence-electron chi connectivity index (χ3n) is 5.28. The molecule has 0 unspecified atom stereocenters. The van der Waals surface area contributed by atoms with Gasteiger partial charge in [-0.15, -0.1) is 0 Å². The number of nitro benzene ring substituents is 1. The zero-order valence-electron chi connectivity index (χ0n) is 19.6. The number of non-ortho nitro benzene ring substituents is 1. The van der Waals surface area contributed by atoms with Crippen molar-refractivity contribution < 1.29 is 19.2 Å². The van der Waals surface area contributed by atoms with Gasteiger partial charge in [-0.05, 0) is 54.4 Å². The van der Waals surface area contributed by atoms with Crippen molar-refractivity contribution >= 4 is 17.8 Å². The maximum absolute atomic E-state index is 12.4. The molecular weight excluding hydrogens is 462 g/mol. The average Bonchev–Trinajstić information content (AvgIpc) is 3.39. The number of ether oxygens (including phenoxy) is 2. The summed E-state index contributed by atoms with van der Waals surface area (Å²) in [5.41, 5.74) is 6.70. The van der Waals surface area contributed by atoms with E-state index in [2.05, 4.69) is 20.7 Å². The highest BCUT2D eigenvalue weighted by atomic mass is 16.6. The van der Waals surface area contributed by atoms with Gasteiger partial charge in [0.2, 0.25) is 0 Å². The third kappa shape index (κ3) is 5.92. The van der Waals surface area contributed by atoms with Crippen molar-refractivity contribution in [3.63, 3.8) is 0 Å². The van der Waals surface area contributed by atoms with Gasteiger partial charge in [0.15, 0.2) is 11.5 Å². The molecule has 1 heterocycles. The first-order chi connectivity index (χ1) is 17.4. The summed E-state index contributed by atoms with van der Waals surface area (Å²) in [6.45, 7) is 2.44. The van der Waals surface area contributed by atoms with Crippen LogP contribution in [0.25, 0.3) is 11.3 Å². The highest BCUT2D eigenvalue weighted by molar-refractivity contribution is 5.94. The quantitative estimate of drug-likeness (QED) is 0.202. The van der Waals surface area contributed by atoms with Crippen LogP contribution in [-0.4, -0.2) is 34.4 Å². The summed E-state index contributed by atoms with van der Waals surface area (Å²) in [7, 11) is 1.56. The van der Waals surface area contributed by atoms with Gasteiger partial charge in [-0.2, -0.15) is 10.2 Å². The molecule has 0 aliphatic rings. The van der Waals surface area contributed by atoms with Crippen molar-refractivity contribution in [1.29, 1.82) is 0 Å². The third-order valence-corrected chi connectivity index (χ3v) is 5.28. The normalized spacial score (nSPS) is 10.8. The fraction of sp³-hybridized carbons (Fsp3) is 0.115. The molecule has 2 N–H and O–H groups in total. The van der Waals surface area contributed by atoms with Gasteiger partial charge >= 0.3 is 0 Å². The monoisotopic (exact) mass is 485 g/mol. The van der Waals surface area contributed by atoms with Crippen LogP contribution in [0.3, 0.4) is 0 Å². The van der Waals surface area contributed by atoms with Gasteiger partial charge in [-0.25, -0.2) is 5.43 Å². The molecule has 0 saturated carbocycles. The molecule has 0 saturated heterocycles. The first-order valence-corrected chi connectivity index (χ1v) is 10.9. The van der Waals surface area contributed by atoms with Gasteiger partial charge < -0.3 is 9.47 Å². The van der Waals surface area contributed by atoms with E-state index in [1.807, 2.05) is 37.3 Å². The Kier molecular flexibility index (Phi) is 7.35. The van der Waals surface area contributed by atoms with Gasteiger partial charge in [0.05, 0.1) is 23.9 Å². The number of aromatic nitrogens is 2. The Bertz CT molecular complexity index is 1400. The Labute approximate surface area is 206 Å². The van der Waals surface area contributed by atoms with Crippen LogP contribution in [0.5, 0.6) is 11.5 Å². The van der Waals surface area contributed by atoms with Crippen molar-refractivity contribution in [2.45, 2.75) is 13.5 Å². The number of benzene rings is 3. The number of H-pyrrole nitrogens is 1. The van der Waals surface area contributed by atoms with E-state index in [9.17, 15) is 14.9 Å². The molecule has 10 heteroatoms. The zero-order valence-corrected chi connectivity index (χ0v) is 19.6. The summed E-state index contributed by atoms with van der Waals surface area (Å²) in [5.74, 6) is 0.647. The van der Waals surface area contributed by atoms with Gasteiger partial charge in [-0.3, -0.25) is 20.0 Å². The molecule has 36 heavy (non-hydrogen) atoms. The van der Waals surface area contributed by atoms with Crippen molar-refractivity contribution in [3.05, 3.63) is 105 Å². The second-order valence-corrected chi connectivity index (χ2v) is 7.85. The number of aryl methyl sites for hydroxylation is 1. The molecule has 0 aliphatic heterocycles. The van der Waals surface area contributed by atoms with Gasteiger partial charge in [0.1, 0.15) is 12.3 Å². The predicted molar refractivity (Wildman–Crippen MR) is 134 cm³/mol.